The van der Waals surface area contributed by atoms with Crippen LogP contribution in [0.1, 0.15) is 11.6 Å². The number of hydrogen-bond donors (Lipinski definition) is 0. The minimum atomic E-state index is 0.551. The van der Waals surface area contributed by atoms with Crippen LogP contribution in [0.3, 0.4) is 0 Å². The van der Waals surface area contributed by atoms with Crippen LogP contribution < -0.4 is 0 Å². The van der Waals surface area contributed by atoms with Gasteiger partial charge in [0, 0.05) is 30.4 Å². The van der Waals surface area contributed by atoms with Gasteiger partial charge in [-0.1, -0.05) is 12.7 Å². The fraction of sp³-hybridized carbons (Fsp3) is 0. The van der Waals surface area contributed by atoms with E-state index in [1.54, 1.807) is 43.0 Å². The summed E-state index contributed by atoms with van der Waals surface area (Å²) >= 11 is 0. The average Bonchev–Trinajstić information content (AvgIpc) is 2.42. The van der Waals surface area contributed by atoms with Crippen molar-refractivity contribution < 1.29 is 0 Å². The lowest BCUT2D eigenvalue weighted by atomic mass is 9.99. The summed E-state index contributed by atoms with van der Waals surface area (Å²) in [5, 5.41) is 0. The second-order valence-corrected chi connectivity index (χ2v) is 3.24. The maximum atomic E-state index is 4.16. The molecule has 0 fully saturated rings. The molecule has 0 bridgehead atoms. The molecule has 0 spiro atoms. The number of aromatic nitrogens is 4. The van der Waals surface area contributed by atoms with E-state index in [1.165, 1.54) is 0 Å². The van der Waals surface area contributed by atoms with Gasteiger partial charge in [0.15, 0.2) is 5.82 Å². The Kier molecular flexibility index (Phi) is 3.35. The van der Waals surface area contributed by atoms with E-state index in [-0.39, 0.29) is 0 Å². The fourth-order valence-electron chi connectivity index (χ4n) is 1.36. The van der Waals surface area contributed by atoms with Crippen molar-refractivity contribution in [1.82, 2.24) is 19.9 Å². The van der Waals surface area contributed by atoms with Crippen molar-refractivity contribution in [2.24, 2.45) is 0 Å². The minimum Gasteiger partial charge on any atom is -0.240 e. The van der Waals surface area contributed by atoms with Crippen molar-refractivity contribution in [1.29, 1.82) is 0 Å². The molecule has 0 N–H and O–H groups in total. The summed E-state index contributed by atoms with van der Waals surface area (Å²) in [6.45, 7) is 7.71. The van der Waals surface area contributed by atoms with E-state index in [4.69, 9.17) is 0 Å². The molecule has 0 aliphatic rings. The molecule has 2 heterocycles. The van der Waals surface area contributed by atoms with Crippen LogP contribution >= 0.6 is 0 Å². The lowest BCUT2D eigenvalue weighted by Gasteiger charge is -2.11. The second kappa shape index (κ2) is 5.12. The quantitative estimate of drug-likeness (QED) is 0.796. The molecule has 4 heteroatoms. The molecule has 4 nitrogen and oxygen atoms in total. The van der Waals surface area contributed by atoms with Gasteiger partial charge in [0.25, 0.3) is 0 Å². The molecule has 2 aromatic heterocycles. The van der Waals surface area contributed by atoms with Crippen LogP contribution in [0.5, 0.6) is 0 Å². The Morgan fingerprint density at radius 3 is 1.82 bits per heavy atom. The van der Waals surface area contributed by atoms with Gasteiger partial charge >= 0.3 is 0 Å². The van der Waals surface area contributed by atoms with Crippen LogP contribution in [0.15, 0.2) is 56.2 Å². The zero-order valence-corrected chi connectivity index (χ0v) is 9.24. The molecule has 0 aliphatic heterocycles. The van der Waals surface area contributed by atoms with Crippen LogP contribution in [-0.2, 0) is 0 Å². The third kappa shape index (κ3) is 2.42. The third-order valence-corrected chi connectivity index (χ3v) is 2.17. The smallest absolute Gasteiger partial charge is 0.155 e. The molecule has 2 aromatic rings. The summed E-state index contributed by atoms with van der Waals surface area (Å²) in [6, 6.07) is 3.51. The molecule has 2 rings (SSSR count). The first kappa shape index (κ1) is 11.1. The van der Waals surface area contributed by atoms with Gasteiger partial charge in [0.2, 0.25) is 0 Å². The Morgan fingerprint density at radius 1 is 0.882 bits per heavy atom. The van der Waals surface area contributed by atoms with Crippen LogP contribution in [0.4, 0.5) is 0 Å². The molecular formula is C13H11N4. The number of nitrogens with zero attached hydrogens (tertiary/aromatic N) is 4. The predicted molar refractivity (Wildman–Crippen MR) is 65.6 cm³/mol. The van der Waals surface area contributed by atoms with E-state index in [0.717, 1.165) is 5.92 Å². The average molecular weight is 223 g/mol. The normalized spacial score (nSPS) is 10.2. The van der Waals surface area contributed by atoms with Gasteiger partial charge in [0.1, 0.15) is 5.82 Å². The lowest BCUT2D eigenvalue weighted by Crippen LogP contribution is -2.06. The summed E-state index contributed by atoms with van der Waals surface area (Å²) in [5.74, 6) is 1.85. The van der Waals surface area contributed by atoms with Crippen molar-refractivity contribution in [2.75, 3.05) is 0 Å². The molecular weight excluding hydrogens is 212 g/mol. The topological polar surface area (TPSA) is 51.6 Å². The molecule has 0 aliphatic carbocycles. The van der Waals surface area contributed by atoms with Gasteiger partial charge in [-0.2, -0.15) is 0 Å². The molecule has 0 saturated heterocycles. The highest BCUT2D eigenvalue weighted by atomic mass is 14.9. The second-order valence-electron chi connectivity index (χ2n) is 3.24. The van der Waals surface area contributed by atoms with E-state index in [0.29, 0.717) is 17.2 Å². The van der Waals surface area contributed by atoms with Crippen molar-refractivity contribution >= 4 is 5.57 Å². The molecule has 0 saturated carbocycles. The summed E-state index contributed by atoms with van der Waals surface area (Å²) in [4.78, 5) is 16.6. The van der Waals surface area contributed by atoms with Crippen molar-refractivity contribution in [2.45, 2.75) is 0 Å². The zero-order valence-electron chi connectivity index (χ0n) is 9.24. The van der Waals surface area contributed by atoms with Crippen LogP contribution in [0.2, 0.25) is 0 Å². The SMILES string of the molecule is C=C[C](C(=C)c1ncccn1)c1ncccn1. The molecule has 0 aromatic carbocycles. The van der Waals surface area contributed by atoms with E-state index < -0.39 is 0 Å². The molecule has 0 amide bonds. The van der Waals surface area contributed by atoms with E-state index >= 15 is 0 Å². The Morgan fingerprint density at radius 2 is 1.35 bits per heavy atom. The third-order valence-electron chi connectivity index (χ3n) is 2.17. The van der Waals surface area contributed by atoms with Gasteiger partial charge in [-0.3, -0.25) is 0 Å². The Bertz CT molecular complexity index is 507. The number of allylic oxidation sites excluding steroid dienone is 2. The lowest BCUT2D eigenvalue weighted by molar-refractivity contribution is 1.03. The van der Waals surface area contributed by atoms with Gasteiger partial charge < -0.3 is 0 Å². The summed E-state index contributed by atoms with van der Waals surface area (Å²) < 4.78 is 0. The van der Waals surface area contributed by atoms with Crippen LogP contribution in [0.25, 0.3) is 5.57 Å². The number of hydrogen-bond acceptors (Lipinski definition) is 4. The van der Waals surface area contributed by atoms with E-state index in [9.17, 15) is 0 Å². The van der Waals surface area contributed by atoms with Gasteiger partial charge in [-0.25, -0.2) is 19.9 Å². The first-order chi connectivity index (χ1) is 8.33. The Labute approximate surface area is 99.8 Å². The molecule has 0 atom stereocenters. The van der Waals surface area contributed by atoms with Crippen molar-refractivity contribution in [3.8, 4) is 0 Å². The predicted octanol–water partition coefficient (Wildman–Crippen LogP) is 2.09. The largest absolute Gasteiger partial charge is 0.240 e. The Hall–Kier alpha value is -2.36. The minimum absolute atomic E-state index is 0.551. The zero-order chi connectivity index (χ0) is 12.1. The van der Waals surface area contributed by atoms with Crippen molar-refractivity contribution in [3.63, 3.8) is 0 Å². The maximum absolute atomic E-state index is 4.16. The molecule has 17 heavy (non-hydrogen) atoms. The highest BCUT2D eigenvalue weighted by Gasteiger charge is 2.18. The Balaban J connectivity index is 2.32. The molecule has 1 radical (unpaired) electrons. The highest BCUT2D eigenvalue weighted by molar-refractivity contribution is 5.76. The molecule has 83 valence electrons. The van der Waals surface area contributed by atoms with Crippen molar-refractivity contribution in [3.05, 3.63) is 73.7 Å². The highest BCUT2D eigenvalue weighted by Crippen LogP contribution is 2.25. The van der Waals surface area contributed by atoms with E-state index in [1.807, 2.05) is 0 Å². The van der Waals surface area contributed by atoms with Gasteiger partial charge in [0.05, 0.1) is 5.92 Å². The first-order valence-electron chi connectivity index (χ1n) is 5.06. The maximum Gasteiger partial charge on any atom is 0.155 e. The summed E-state index contributed by atoms with van der Waals surface area (Å²) in [5.41, 5.74) is 0.659. The first-order valence-corrected chi connectivity index (χ1v) is 5.06. The van der Waals surface area contributed by atoms with E-state index in [2.05, 4.69) is 33.1 Å². The monoisotopic (exact) mass is 223 g/mol. The number of rotatable bonds is 4. The standard InChI is InChI=1S/C13H11N4/c1-3-11(13-16-8-5-9-17-13)10(2)12-14-6-4-7-15-12/h3-9H,1-2H2. The molecule has 0 unspecified atom stereocenters. The fourth-order valence-corrected chi connectivity index (χ4v) is 1.36. The van der Waals surface area contributed by atoms with Crippen LogP contribution in [-0.4, -0.2) is 19.9 Å². The summed E-state index contributed by atoms with van der Waals surface area (Å²) in [7, 11) is 0. The summed E-state index contributed by atoms with van der Waals surface area (Å²) in [6.07, 6.45) is 8.34. The van der Waals surface area contributed by atoms with Gasteiger partial charge in [-0.15, -0.1) is 6.58 Å². The van der Waals surface area contributed by atoms with Gasteiger partial charge in [-0.05, 0) is 12.1 Å². The van der Waals surface area contributed by atoms with Crippen LogP contribution in [0, 0.1) is 5.92 Å².